The molecule has 0 saturated heterocycles. The summed E-state index contributed by atoms with van der Waals surface area (Å²) in [5.41, 5.74) is 3.74. The number of hydrogen-bond donors (Lipinski definition) is 0. The molecule has 0 unspecified atom stereocenters. The highest BCUT2D eigenvalue weighted by Crippen LogP contribution is 2.35. The van der Waals surface area contributed by atoms with Crippen LogP contribution in [0.4, 0.5) is 0 Å². The van der Waals surface area contributed by atoms with Gasteiger partial charge in [-0.1, -0.05) is 26.0 Å². The summed E-state index contributed by atoms with van der Waals surface area (Å²) in [6, 6.07) is 9.78. The number of benzene rings is 1. The monoisotopic (exact) mass is 281 g/mol. The number of fused-ring (bicyclic) bond motifs is 1. The number of Topliss-reactive ketones (excluding diaryl/α,β-unsaturated/α-hetero) is 1. The standard InChI is InChI=1S/C18H19NO2/c1-18(2)9-16-15(17(20)10-18)8-13(11-19-16)12-4-6-14(21-3)7-5-12/h4-8,11H,9-10H2,1-3H3. The Kier molecular flexibility index (Phi) is 3.28. The summed E-state index contributed by atoms with van der Waals surface area (Å²) < 4.78 is 5.17. The van der Waals surface area contributed by atoms with Gasteiger partial charge in [0.1, 0.15) is 5.75 Å². The topological polar surface area (TPSA) is 39.2 Å². The lowest BCUT2D eigenvalue weighted by atomic mass is 9.75. The molecule has 0 spiro atoms. The van der Waals surface area contributed by atoms with E-state index in [0.717, 1.165) is 34.6 Å². The summed E-state index contributed by atoms with van der Waals surface area (Å²) in [5, 5.41) is 0. The third-order valence-corrected chi connectivity index (χ3v) is 3.98. The first-order chi connectivity index (χ1) is 9.98. The molecule has 2 aromatic rings. The van der Waals surface area contributed by atoms with Gasteiger partial charge < -0.3 is 4.74 Å². The van der Waals surface area contributed by atoms with E-state index in [-0.39, 0.29) is 11.2 Å². The fraction of sp³-hybridized carbons (Fsp3) is 0.333. The van der Waals surface area contributed by atoms with E-state index < -0.39 is 0 Å². The van der Waals surface area contributed by atoms with Gasteiger partial charge in [0.05, 0.1) is 12.8 Å². The molecule has 1 aliphatic rings. The van der Waals surface area contributed by atoms with Crippen molar-refractivity contribution in [1.29, 1.82) is 0 Å². The number of carbonyl (C=O) groups excluding carboxylic acids is 1. The Hall–Kier alpha value is -2.16. The quantitative estimate of drug-likeness (QED) is 0.837. The van der Waals surface area contributed by atoms with E-state index in [1.54, 1.807) is 7.11 Å². The first-order valence-corrected chi connectivity index (χ1v) is 7.15. The van der Waals surface area contributed by atoms with Crippen molar-refractivity contribution in [2.45, 2.75) is 26.7 Å². The molecule has 0 aliphatic heterocycles. The van der Waals surface area contributed by atoms with E-state index in [2.05, 4.69) is 18.8 Å². The SMILES string of the molecule is COc1ccc(-c2cnc3c(c2)C(=O)CC(C)(C)C3)cc1. The van der Waals surface area contributed by atoms with Crippen LogP contribution in [0.1, 0.15) is 36.3 Å². The van der Waals surface area contributed by atoms with Gasteiger partial charge in [-0.25, -0.2) is 0 Å². The molecule has 0 atom stereocenters. The van der Waals surface area contributed by atoms with Gasteiger partial charge in [0.25, 0.3) is 0 Å². The minimum Gasteiger partial charge on any atom is -0.497 e. The summed E-state index contributed by atoms with van der Waals surface area (Å²) in [6.07, 6.45) is 3.31. The van der Waals surface area contributed by atoms with Crippen molar-refractivity contribution < 1.29 is 9.53 Å². The highest BCUT2D eigenvalue weighted by molar-refractivity contribution is 5.99. The summed E-state index contributed by atoms with van der Waals surface area (Å²) in [5.74, 6) is 1.02. The van der Waals surface area contributed by atoms with Crippen LogP contribution in [-0.4, -0.2) is 17.9 Å². The molecule has 3 rings (SSSR count). The number of carbonyl (C=O) groups is 1. The van der Waals surface area contributed by atoms with Gasteiger partial charge in [-0.05, 0) is 35.6 Å². The maximum absolute atomic E-state index is 12.3. The third-order valence-electron chi connectivity index (χ3n) is 3.98. The molecule has 21 heavy (non-hydrogen) atoms. The molecule has 0 fully saturated rings. The van der Waals surface area contributed by atoms with Gasteiger partial charge in [-0.3, -0.25) is 9.78 Å². The summed E-state index contributed by atoms with van der Waals surface area (Å²) in [7, 11) is 1.65. The van der Waals surface area contributed by atoms with Crippen molar-refractivity contribution in [1.82, 2.24) is 4.98 Å². The Morgan fingerprint density at radius 2 is 1.81 bits per heavy atom. The molecule has 108 valence electrons. The van der Waals surface area contributed by atoms with E-state index in [1.807, 2.05) is 36.5 Å². The van der Waals surface area contributed by atoms with Crippen LogP contribution in [0.15, 0.2) is 36.5 Å². The first-order valence-electron chi connectivity index (χ1n) is 7.15. The van der Waals surface area contributed by atoms with Crippen LogP contribution in [0.2, 0.25) is 0 Å². The predicted molar refractivity (Wildman–Crippen MR) is 82.7 cm³/mol. The van der Waals surface area contributed by atoms with Crippen molar-refractivity contribution in [3.05, 3.63) is 47.8 Å². The van der Waals surface area contributed by atoms with E-state index in [9.17, 15) is 4.79 Å². The number of pyridine rings is 1. The first kappa shape index (κ1) is 13.8. The molecule has 1 heterocycles. The average Bonchev–Trinajstić information content (AvgIpc) is 2.46. The lowest BCUT2D eigenvalue weighted by Gasteiger charge is -2.29. The number of rotatable bonds is 2. The molecule has 1 aliphatic carbocycles. The maximum atomic E-state index is 12.3. The third kappa shape index (κ3) is 2.68. The fourth-order valence-corrected chi connectivity index (χ4v) is 2.86. The zero-order valence-corrected chi connectivity index (χ0v) is 12.6. The highest BCUT2D eigenvalue weighted by Gasteiger charge is 2.31. The molecule has 1 aromatic heterocycles. The molecule has 0 radical (unpaired) electrons. The molecule has 0 N–H and O–H groups in total. The van der Waals surface area contributed by atoms with Crippen LogP contribution in [0.3, 0.4) is 0 Å². The lowest BCUT2D eigenvalue weighted by Crippen LogP contribution is -2.27. The van der Waals surface area contributed by atoms with Crippen LogP contribution in [-0.2, 0) is 6.42 Å². The zero-order chi connectivity index (χ0) is 15.0. The molecule has 3 heteroatoms. The van der Waals surface area contributed by atoms with Crippen LogP contribution in [0.25, 0.3) is 11.1 Å². The molecular formula is C18H19NO2. The van der Waals surface area contributed by atoms with Gasteiger partial charge in [0.2, 0.25) is 0 Å². The smallest absolute Gasteiger partial charge is 0.165 e. The Morgan fingerprint density at radius 3 is 2.48 bits per heavy atom. The van der Waals surface area contributed by atoms with E-state index in [4.69, 9.17) is 4.74 Å². The van der Waals surface area contributed by atoms with Crippen molar-refractivity contribution in [3.8, 4) is 16.9 Å². The van der Waals surface area contributed by atoms with Crippen LogP contribution < -0.4 is 4.74 Å². The number of aromatic nitrogens is 1. The second-order valence-electron chi connectivity index (χ2n) is 6.39. The number of hydrogen-bond acceptors (Lipinski definition) is 3. The predicted octanol–water partition coefficient (Wildman–Crippen LogP) is 3.91. The number of ketones is 1. The second-order valence-corrected chi connectivity index (χ2v) is 6.39. The number of ether oxygens (including phenoxy) is 1. The van der Waals surface area contributed by atoms with Gasteiger partial charge in [0.15, 0.2) is 5.78 Å². The average molecular weight is 281 g/mol. The van der Waals surface area contributed by atoms with E-state index >= 15 is 0 Å². The van der Waals surface area contributed by atoms with Crippen molar-refractivity contribution >= 4 is 5.78 Å². The number of methoxy groups -OCH3 is 1. The van der Waals surface area contributed by atoms with Crippen LogP contribution >= 0.6 is 0 Å². The minimum atomic E-state index is 0.0126. The van der Waals surface area contributed by atoms with Gasteiger partial charge in [0, 0.05) is 23.7 Å². The Labute approximate surface area is 125 Å². The lowest BCUT2D eigenvalue weighted by molar-refractivity contribution is 0.0910. The Bertz CT molecular complexity index is 687. The van der Waals surface area contributed by atoms with Gasteiger partial charge in [-0.2, -0.15) is 0 Å². The fourth-order valence-electron chi connectivity index (χ4n) is 2.86. The summed E-state index contributed by atoms with van der Waals surface area (Å²) in [4.78, 5) is 16.9. The summed E-state index contributed by atoms with van der Waals surface area (Å²) >= 11 is 0. The van der Waals surface area contributed by atoms with Crippen LogP contribution in [0, 0.1) is 5.41 Å². The second kappa shape index (κ2) is 4.99. The largest absolute Gasteiger partial charge is 0.497 e. The molecule has 0 bridgehead atoms. The van der Waals surface area contributed by atoms with E-state index in [1.165, 1.54) is 0 Å². The Morgan fingerprint density at radius 1 is 1.10 bits per heavy atom. The summed E-state index contributed by atoms with van der Waals surface area (Å²) in [6.45, 7) is 4.24. The maximum Gasteiger partial charge on any atom is 0.165 e. The highest BCUT2D eigenvalue weighted by atomic mass is 16.5. The van der Waals surface area contributed by atoms with Crippen molar-refractivity contribution in [2.75, 3.05) is 7.11 Å². The van der Waals surface area contributed by atoms with Crippen molar-refractivity contribution in [3.63, 3.8) is 0 Å². The molecule has 1 aromatic carbocycles. The van der Waals surface area contributed by atoms with Gasteiger partial charge in [-0.15, -0.1) is 0 Å². The molecule has 0 amide bonds. The van der Waals surface area contributed by atoms with E-state index in [0.29, 0.717) is 6.42 Å². The molecule has 0 saturated carbocycles. The normalized spacial score (nSPS) is 16.4. The van der Waals surface area contributed by atoms with Gasteiger partial charge >= 0.3 is 0 Å². The van der Waals surface area contributed by atoms with Crippen LogP contribution in [0.5, 0.6) is 5.75 Å². The van der Waals surface area contributed by atoms with Crippen molar-refractivity contribution in [2.24, 2.45) is 5.41 Å². The molecular weight excluding hydrogens is 262 g/mol. The zero-order valence-electron chi connectivity index (χ0n) is 12.6. The molecule has 3 nitrogen and oxygen atoms in total. The Balaban J connectivity index is 1.99. The number of nitrogens with zero attached hydrogens (tertiary/aromatic N) is 1. The minimum absolute atomic E-state index is 0.0126.